The fourth-order valence-corrected chi connectivity index (χ4v) is 1.51. The third kappa shape index (κ3) is 3.16. The Balaban J connectivity index is 2.04. The van der Waals surface area contributed by atoms with Gasteiger partial charge in [0.15, 0.2) is 0 Å². The minimum absolute atomic E-state index is 0.00892. The standard InChI is InChI=1S/C13H15N3O2/c1-9(2)14-12(17)13-16-15-11(18-13)8-10-6-4-3-5-7-10/h3-7,9H,8H2,1-2H3,(H,14,17). The quantitative estimate of drug-likeness (QED) is 0.891. The lowest BCUT2D eigenvalue weighted by Crippen LogP contribution is -2.30. The molecule has 0 aliphatic carbocycles. The lowest BCUT2D eigenvalue weighted by atomic mass is 10.2. The maximum atomic E-state index is 11.6. The summed E-state index contributed by atoms with van der Waals surface area (Å²) in [7, 11) is 0. The zero-order chi connectivity index (χ0) is 13.0. The molecule has 0 aliphatic heterocycles. The van der Waals surface area contributed by atoms with Crippen LogP contribution < -0.4 is 5.32 Å². The Morgan fingerprint density at radius 2 is 2.00 bits per heavy atom. The topological polar surface area (TPSA) is 68.0 Å². The summed E-state index contributed by atoms with van der Waals surface area (Å²) in [5.74, 6) is 0.113. The molecule has 0 saturated carbocycles. The lowest BCUT2D eigenvalue weighted by molar-refractivity contribution is 0.0906. The van der Waals surface area contributed by atoms with Gasteiger partial charge in [0, 0.05) is 6.04 Å². The maximum Gasteiger partial charge on any atom is 0.309 e. The van der Waals surface area contributed by atoms with Gasteiger partial charge in [0.2, 0.25) is 5.89 Å². The first kappa shape index (κ1) is 12.3. The minimum Gasteiger partial charge on any atom is -0.417 e. The summed E-state index contributed by atoms with van der Waals surface area (Å²) in [6, 6.07) is 9.81. The fourth-order valence-electron chi connectivity index (χ4n) is 1.51. The molecule has 1 aromatic carbocycles. The van der Waals surface area contributed by atoms with Gasteiger partial charge >= 0.3 is 11.8 Å². The average molecular weight is 245 g/mol. The van der Waals surface area contributed by atoms with Crippen LogP contribution in [0.3, 0.4) is 0 Å². The van der Waals surface area contributed by atoms with Gasteiger partial charge in [0.1, 0.15) is 0 Å². The van der Waals surface area contributed by atoms with Crippen LogP contribution in [-0.4, -0.2) is 22.1 Å². The zero-order valence-electron chi connectivity index (χ0n) is 10.4. The van der Waals surface area contributed by atoms with Gasteiger partial charge in [-0.25, -0.2) is 0 Å². The number of benzene rings is 1. The predicted molar refractivity (Wildman–Crippen MR) is 66.1 cm³/mol. The first-order valence-electron chi connectivity index (χ1n) is 5.82. The van der Waals surface area contributed by atoms with E-state index in [1.54, 1.807) is 0 Å². The van der Waals surface area contributed by atoms with Gasteiger partial charge in [-0.2, -0.15) is 0 Å². The van der Waals surface area contributed by atoms with Crippen LogP contribution in [0.15, 0.2) is 34.7 Å². The van der Waals surface area contributed by atoms with Crippen LogP contribution in [0.25, 0.3) is 0 Å². The summed E-state index contributed by atoms with van der Waals surface area (Å²) in [6.45, 7) is 3.75. The number of nitrogens with one attached hydrogen (secondary N) is 1. The summed E-state index contributed by atoms with van der Waals surface area (Å²) in [5.41, 5.74) is 1.07. The Labute approximate surface area is 105 Å². The summed E-state index contributed by atoms with van der Waals surface area (Å²) in [6.07, 6.45) is 0.531. The van der Waals surface area contributed by atoms with Crippen molar-refractivity contribution < 1.29 is 9.21 Å². The Bertz CT molecular complexity index is 520. The summed E-state index contributed by atoms with van der Waals surface area (Å²) >= 11 is 0. The summed E-state index contributed by atoms with van der Waals surface area (Å²) < 4.78 is 5.32. The molecule has 2 aromatic rings. The van der Waals surface area contributed by atoms with Gasteiger partial charge in [-0.15, -0.1) is 10.2 Å². The molecule has 1 N–H and O–H groups in total. The molecule has 0 saturated heterocycles. The highest BCUT2D eigenvalue weighted by Gasteiger charge is 2.15. The van der Waals surface area contributed by atoms with Crippen molar-refractivity contribution >= 4 is 5.91 Å². The molecule has 18 heavy (non-hydrogen) atoms. The van der Waals surface area contributed by atoms with Crippen molar-refractivity contribution in [1.82, 2.24) is 15.5 Å². The highest BCUT2D eigenvalue weighted by Crippen LogP contribution is 2.08. The highest BCUT2D eigenvalue weighted by molar-refractivity contribution is 5.89. The number of nitrogens with zero attached hydrogens (tertiary/aromatic N) is 2. The molecule has 5 heteroatoms. The van der Waals surface area contributed by atoms with Crippen molar-refractivity contribution in [2.75, 3.05) is 0 Å². The van der Waals surface area contributed by atoms with E-state index in [1.807, 2.05) is 44.2 Å². The van der Waals surface area contributed by atoms with Crippen molar-refractivity contribution in [1.29, 1.82) is 0 Å². The first-order valence-corrected chi connectivity index (χ1v) is 5.82. The Hall–Kier alpha value is -2.17. The van der Waals surface area contributed by atoms with E-state index in [0.717, 1.165) is 5.56 Å². The second-order valence-electron chi connectivity index (χ2n) is 4.29. The molecule has 0 radical (unpaired) electrons. The van der Waals surface area contributed by atoms with Crippen molar-refractivity contribution in [2.24, 2.45) is 0 Å². The van der Waals surface area contributed by atoms with E-state index in [4.69, 9.17) is 4.42 Å². The van der Waals surface area contributed by atoms with Crippen LogP contribution in [0.1, 0.15) is 36.0 Å². The Morgan fingerprint density at radius 1 is 1.28 bits per heavy atom. The molecule has 1 amide bonds. The molecule has 0 spiro atoms. The number of carbonyl (C=O) groups excluding carboxylic acids is 1. The van der Waals surface area contributed by atoms with Crippen LogP contribution in [-0.2, 0) is 6.42 Å². The molecule has 94 valence electrons. The molecule has 0 unspecified atom stereocenters. The fraction of sp³-hybridized carbons (Fsp3) is 0.308. The smallest absolute Gasteiger partial charge is 0.309 e. The van der Waals surface area contributed by atoms with Crippen LogP contribution in [0.2, 0.25) is 0 Å². The molecule has 0 aliphatic rings. The number of aromatic nitrogens is 2. The number of carbonyl (C=O) groups is 1. The van der Waals surface area contributed by atoms with Crippen molar-refractivity contribution in [3.05, 3.63) is 47.7 Å². The summed E-state index contributed by atoms with van der Waals surface area (Å²) in [4.78, 5) is 11.6. The van der Waals surface area contributed by atoms with E-state index >= 15 is 0 Å². The second-order valence-corrected chi connectivity index (χ2v) is 4.29. The van der Waals surface area contributed by atoms with Crippen molar-refractivity contribution in [2.45, 2.75) is 26.3 Å². The van der Waals surface area contributed by atoms with Gasteiger partial charge < -0.3 is 9.73 Å². The number of hydrogen-bond acceptors (Lipinski definition) is 4. The molecule has 1 heterocycles. The zero-order valence-corrected chi connectivity index (χ0v) is 10.4. The van der Waals surface area contributed by atoms with Crippen LogP contribution in [0, 0.1) is 0 Å². The van der Waals surface area contributed by atoms with Gasteiger partial charge in [0.05, 0.1) is 6.42 Å². The summed E-state index contributed by atoms with van der Waals surface area (Å²) in [5, 5.41) is 10.3. The van der Waals surface area contributed by atoms with Crippen LogP contribution >= 0.6 is 0 Å². The third-order valence-electron chi connectivity index (χ3n) is 2.28. The number of hydrogen-bond donors (Lipinski definition) is 1. The van der Waals surface area contributed by atoms with Crippen LogP contribution in [0.4, 0.5) is 0 Å². The highest BCUT2D eigenvalue weighted by atomic mass is 16.4. The monoisotopic (exact) mass is 245 g/mol. The predicted octanol–water partition coefficient (Wildman–Crippen LogP) is 1.80. The largest absolute Gasteiger partial charge is 0.417 e. The molecule has 2 rings (SSSR count). The number of rotatable bonds is 4. The Morgan fingerprint density at radius 3 is 2.67 bits per heavy atom. The molecule has 5 nitrogen and oxygen atoms in total. The molecule has 1 aromatic heterocycles. The molecule has 0 fully saturated rings. The molecule has 0 atom stereocenters. The number of amides is 1. The van der Waals surface area contributed by atoms with E-state index in [9.17, 15) is 4.79 Å². The van der Waals surface area contributed by atoms with Gasteiger partial charge in [-0.1, -0.05) is 30.3 Å². The van der Waals surface area contributed by atoms with Gasteiger partial charge in [0.25, 0.3) is 0 Å². The lowest BCUT2D eigenvalue weighted by Gasteiger charge is -2.03. The van der Waals surface area contributed by atoms with Crippen LogP contribution in [0.5, 0.6) is 0 Å². The van der Waals surface area contributed by atoms with Crippen molar-refractivity contribution in [3.8, 4) is 0 Å². The molecule has 0 bridgehead atoms. The van der Waals surface area contributed by atoms with E-state index in [1.165, 1.54) is 0 Å². The van der Waals surface area contributed by atoms with Gasteiger partial charge in [-0.05, 0) is 19.4 Å². The minimum atomic E-state index is -0.336. The van der Waals surface area contributed by atoms with Crippen molar-refractivity contribution in [3.63, 3.8) is 0 Å². The average Bonchev–Trinajstić information content (AvgIpc) is 2.78. The van der Waals surface area contributed by atoms with E-state index in [0.29, 0.717) is 12.3 Å². The Kier molecular flexibility index (Phi) is 3.72. The van der Waals surface area contributed by atoms with Gasteiger partial charge in [-0.3, -0.25) is 4.79 Å². The second kappa shape index (κ2) is 5.44. The SMILES string of the molecule is CC(C)NC(=O)c1nnc(Cc2ccccc2)o1. The molecular weight excluding hydrogens is 230 g/mol. The maximum absolute atomic E-state index is 11.6. The van der Waals surface area contributed by atoms with E-state index < -0.39 is 0 Å². The normalized spacial score (nSPS) is 10.6. The first-order chi connectivity index (χ1) is 8.65. The van der Waals surface area contributed by atoms with E-state index in [-0.39, 0.29) is 17.8 Å². The molecular formula is C13H15N3O2. The third-order valence-corrected chi connectivity index (χ3v) is 2.28. The van der Waals surface area contributed by atoms with E-state index in [2.05, 4.69) is 15.5 Å².